The maximum atomic E-state index is 9.60. The fourth-order valence-corrected chi connectivity index (χ4v) is 4.80. The van der Waals surface area contributed by atoms with Gasteiger partial charge in [0.2, 0.25) is 0 Å². The van der Waals surface area contributed by atoms with Crippen molar-refractivity contribution in [3.8, 4) is 0 Å². The van der Waals surface area contributed by atoms with Gasteiger partial charge in [-0.2, -0.15) is 0 Å². The predicted octanol–water partition coefficient (Wildman–Crippen LogP) is 2.85. The molecule has 4 heteroatoms. The molecular weight excluding hydrogens is 334 g/mol. The smallest absolute Gasteiger partial charge is 0.0446 e. The van der Waals surface area contributed by atoms with E-state index in [0.717, 1.165) is 39.0 Å². The second-order valence-corrected chi connectivity index (χ2v) is 9.09. The van der Waals surface area contributed by atoms with Crippen molar-refractivity contribution in [3.63, 3.8) is 0 Å². The van der Waals surface area contributed by atoms with E-state index in [1.54, 1.807) is 0 Å². The summed E-state index contributed by atoms with van der Waals surface area (Å²) in [5.41, 5.74) is 2.86. The van der Waals surface area contributed by atoms with Crippen LogP contribution in [0.3, 0.4) is 0 Å². The third-order valence-corrected chi connectivity index (χ3v) is 6.30. The van der Waals surface area contributed by atoms with E-state index in [1.165, 1.54) is 37.1 Å². The monoisotopic (exact) mass is 373 g/mol. The number of benzene rings is 1. The minimum absolute atomic E-state index is 0.297. The molecule has 0 spiro atoms. The summed E-state index contributed by atoms with van der Waals surface area (Å²) in [6, 6.07) is 10.4. The molecule has 152 valence electrons. The first kappa shape index (κ1) is 20.8. The maximum Gasteiger partial charge on any atom is 0.0446 e. The van der Waals surface area contributed by atoms with E-state index < -0.39 is 0 Å². The van der Waals surface area contributed by atoms with E-state index in [0.29, 0.717) is 24.6 Å². The highest BCUT2D eigenvalue weighted by Gasteiger charge is 2.32. The van der Waals surface area contributed by atoms with Gasteiger partial charge in [0.05, 0.1) is 0 Å². The van der Waals surface area contributed by atoms with Crippen LogP contribution in [-0.2, 0) is 13.0 Å². The van der Waals surface area contributed by atoms with Gasteiger partial charge in [-0.1, -0.05) is 38.1 Å². The first-order chi connectivity index (χ1) is 13.0. The quantitative estimate of drug-likeness (QED) is 0.796. The van der Waals surface area contributed by atoms with Gasteiger partial charge in [0, 0.05) is 44.9 Å². The van der Waals surface area contributed by atoms with Gasteiger partial charge in [0.15, 0.2) is 0 Å². The number of aliphatic hydroxyl groups is 1. The fourth-order valence-electron chi connectivity index (χ4n) is 4.80. The lowest BCUT2D eigenvalue weighted by Gasteiger charge is -2.47. The standard InChI is InChI=1S/C23H39N3O/c1-19(2)16-20-4-6-21(7-5-20)17-25-13-14-26(23(18-25)10-15-27)22-8-11-24(3)12-9-22/h4-7,19,22-23,27H,8-18H2,1-3H3/t23-/m0/s1. The van der Waals surface area contributed by atoms with Crippen LogP contribution >= 0.6 is 0 Å². The van der Waals surface area contributed by atoms with Gasteiger partial charge in [0.1, 0.15) is 0 Å². The number of likely N-dealkylation sites (tertiary alicyclic amines) is 1. The first-order valence-electron chi connectivity index (χ1n) is 10.9. The number of piperazine rings is 1. The molecule has 1 aromatic rings. The Morgan fingerprint density at radius 1 is 1.00 bits per heavy atom. The number of piperidine rings is 1. The van der Waals surface area contributed by atoms with Crippen LogP contribution in [-0.4, -0.2) is 78.3 Å². The second-order valence-electron chi connectivity index (χ2n) is 9.09. The summed E-state index contributed by atoms with van der Waals surface area (Å²) in [6.07, 6.45) is 4.61. The molecule has 2 aliphatic heterocycles. The summed E-state index contributed by atoms with van der Waals surface area (Å²) < 4.78 is 0. The molecule has 0 aliphatic carbocycles. The molecule has 0 bridgehead atoms. The van der Waals surface area contributed by atoms with Crippen LogP contribution in [0.2, 0.25) is 0 Å². The number of aliphatic hydroxyl groups excluding tert-OH is 1. The highest BCUT2D eigenvalue weighted by molar-refractivity contribution is 5.23. The molecule has 4 nitrogen and oxygen atoms in total. The summed E-state index contributed by atoms with van der Waals surface area (Å²) in [5, 5.41) is 9.60. The minimum Gasteiger partial charge on any atom is -0.396 e. The number of nitrogens with zero attached hydrogens (tertiary/aromatic N) is 3. The van der Waals surface area contributed by atoms with Gasteiger partial charge in [-0.25, -0.2) is 0 Å². The number of rotatable bonds is 7. The van der Waals surface area contributed by atoms with E-state index in [4.69, 9.17) is 0 Å². The molecule has 0 saturated carbocycles. The van der Waals surface area contributed by atoms with Crippen molar-refractivity contribution in [2.45, 2.75) is 58.2 Å². The summed E-state index contributed by atoms with van der Waals surface area (Å²) in [5.74, 6) is 0.711. The normalized spacial score (nSPS) is 24.0. The Balaban J connectivity index is 1.56. The Bertz CT molecular complexity index is 551. The average molecular weight is 374 g/mol. The molecular formula is C23H39N3O. The molecule has 2 heterocycles. The van der Waals surface area contributed by atoms with Gasteiger partial charge in [-0.15, -0.1) is 0 Å². The molecule has 1 aromatic carbocycles. The van der Waals surface area contributed by atoms with Gasteiger partial charge in [0.25, 0.3) is 0 Å². The van der Waals surface area contributed by atoms with Gasteiger partial charge >= 0.3 is 0 Å². The lowest BCUT2D eigenvalue weighted by molar-refractivity contribution is 0.00600. The molecule has 0 amide bonds. The van der Waals surface area contributed by atoms with Crippen molar-refractivity contribution in [2.24, 2.45) is 5.92 Å². The van der Waals surface area contributed by atoms with E-state index >= 15 is 0 Å². The van der Waals surface area contributed by atoms with Crippen molar-refractivity contribution in [3.05, 3.63) is 35.4 Å². The zero-order valence-corrected chi connectivity index (χ0v) is 17.6. The molecule has 2 aliphatic rings. The van der Waals surface area contributed by atoms with E-state index in [1.807, 2.05) is 0 Å². The summed E-state index contributed by atoms with van der Waals surface area (Å²) >= 11 is 0. The fraction of sp³-hybridized carbons (Fsp3) is 0.739. The zero-order chi connectivity index (χ0) is 19.2. The molecule has 1 atom stereocenters. The Hall–Kier alpha value is -0.940. The lowest BCUT2D eigenvalue weighted by Crippen LogP contribution is -2.58. The highest BCUT2D eigenvalue weighted by atomic mass is 16.3. The molecule has 0 aromatic heterocycles. The SMILES string of the molecule is CC(C)Cc1ccc(CN2CCN(C3CCN(C)CC3)[C@@H](CCO)C2)cc1. The van der Waals surface area contributed by atoms with E-state index in [9.17, 15) is 5.11 Å². The predicted molar refractivity (Wildman–Crippen MR) is 113 cm³/mol. The third-order valence-electron chi connectivity index (χ3n) is 6.30. The molecule has 1 N–H and O–H groups in total. The molecule has 3 rings (SSSR count). The third kappa shape index (κ3) is 6.02. The summed E-state index contributed by atoms with van der Waals surface area (Å²) in [6.45, 7) is 11.7. The Kier molecular flexibility index (Phi) is 7.71. The van der Waals surface area contributed by atoms with Crippen molar-refractivity contribution in [1.29, 1.82) is 0 Å². The maximum absolute atomic E-state index is 9.60. The topological polar surface area (TPSA) is 30.0 Å². The Morgan fingerprint density at radius 2 is 1.67 bits per heavy atom. The van der Waals surface area contributed by atoms with Gasteiger partial charge in [-0.3, -0.25) is 9.80 Å². The average Bonchev–Trinajstić information content (AvgIpc) is 2.64. The Labute approximate surface area is 166 Å². The summed E-state index contributed by atoms with van der Waals surface area (Å²) in [4.78, 5) is 7.74. The van der Waals surface area contributed by atoms with Crippen molar-refractivity contribution < 1.29 is 5.11 Å². The zero-order valence-electron chi connectivity index (χ0n) is 17.6. The van der Waals surface area contributed by atoms with Crippen LogP contribution in [0, 0.1) is 5.92 Å². The largest absolute Gasteiger partial charge is 0.396 e. The van der Waals surface area contributed by atoms with E-state index in [-0.39, 0.29) is 0 Å². The molecule has 2 saturated heterocycles. The van der Waals surface area contributed by atoms with Crippen molar-refractivity contribution in [2.75, 3.05) is 46.4 Å². The van der Waals surface area contributed by atoms with Crippen LogP contribution in [0.1, 0.15) is 44.2 Å². The first-order valence-corrected chi connectivity index (χ1v) is 10.9. The number of hydrogen-bond donors (Lipinski definition) is 1. The number of hydrogen-bond acceptors (Lipinski definition) is 4. The molecule has 0 unspecified atom stereocenters. The van der Waals surface area contributed by atoms with Crippen LogP contribution < -0.4 is 0 Å². The molecule has 27 heavy (non-hydrogen) atoms. The van der Waals surface area contributed by atoms with Crippen LogP contribution in [0.4, 0.5) is 0 Å². The highest BCUT2D eigenvalue weighted by Crippen LogP contribution is 2.24. The minimum atomic E-state index is 0.297. The molecule has 2 fully saturated rings. The Morgan fingerprint density at radius 3 is 2.30 bits per heavy atom. The van der Waals surface area contributed by atoms with Crippen molar-refractivity contribution in [1.82, 2.24) is 14.7 Å². The van der Waals surface area contributed by atoms with Crippen LogP contribution in [0.25, 0.3) is 0 Å². The molecule has 0 radical (unpaired) electrons. The van der Waals surface area contributed by atoms with Crippen molar-refractivity contribution >= 4 is 0 Å². The van der Waals surface area contributed by atoms with Gasteiger partial charge < -0.3 is 10.0 Å². The van der Waals surface area contributed by atoms with Gasteiger partial charge in [-0.05, 0) is 62.9 Å². The lowest BCUT2D eigenvalue weighted by atomic mass is 9.98. The second kappa shape index (κ2) is 10.0. The van der Waals surface area contributed by atoms with Crippen LogP contribution in [0.15, 0.2) is 24.3 Å². The van der Waals surface area contributed by atoms with Crippen LogP contribution in [0.5, 0.6) is 0 Å². The van der Waals surface area contributed by atoms with E-state index in [2.05, 4.69) is 59.9 Å². The summed E-state index contributed by atoms with van der Waals surface area (Å²) in [7, 11) is 2.23.